The number of thiazole rings is 1. The number of hydrogen-bond acceptors (Lipinski definition) is 5. The third-order valence-electron chi connectivity index (χ3n) is 4.13. The Morgan fingerprint density at radius 1 is 1.19 bits per heavy atom. The van der Waals surface area contributed by atoms with Crippen LogP contribution in [0.2, 0.25) is 0 Å². The molecule has 134 valence electrons. The first kappa shape index (κ1) is 18.0. The SMILES string of the molecule is CCN(C(C)=O)c1ccc(/N=N/c2sc3cc(OC)ccc3[n+]2C)cc1. The van der Waals surface area contributed by atoms with Gasteiger partial charge in [0.15, 0.2) is 0 Å². The van der Waals surface area contributed by atoms with Crippen molar-refractivity contribution in [2.45, 2.75) is 13.8 Å². The van der Waals surface area contributed by atoms with Crippen LogP contribution in [0.1, 0.15) is 13.8 Å². The molecule has 2 aromatic carbocycles. The van der Waals surface area contributed by atoms with Gasteiger partial charge in [0.25, 0.3) is 0 Å². The van der Waals surface area contributed by atoms with E-state index in [0.29, 0.717) is 6.54 Å². The van der Waals surface area contributed by atoms with Crippen molar-refractivity contribution >= 4 is 44.0 Å². The van der Waals surface area contributed by atoms with Gasteiger partial charge < -0.3 is 9.64 Å². The summed E-state index contributed by atoms with van der Waals surface area (Å²) < 4.78 is 8.37. The summed E-state index contributed by atoms with van der Waals surface area (Å²) in [4.78, 5) is 13.3. The van der Waals surface area contributed by atoms with Gasteiger partial charge in [0, 0.05) is 25.2 Å². The first-order chi connectivity index (χ1) is 12.5. The van der Waals surface area contributed by atoms with E-state index >= 15 is 0 Å². The number of carbonyl (C=O) groups excluding carboxylic acids is 1. The summed E-state index contributed by atoms with van der Waals surface area (Å²) in [5, 5.41) is 9.51. The average molecular weight is 369 g/mol. The third-order valence-corrected chi connectivity index (χ3v) is 5.21. The number of rotatable bonds is 5. The third kappa shape index (κ3) is 3.57. The summed E-state index contributed by atoms with van der Waals surface area (Å²) in [6.45, 7) is 4.15. The smallest absolute Gasteiger partial charge is 0.409 e. The van der Waals surface area contributed by atoms with Crippen LogP contribution in [0, 0.1) is 0 Å². The molecule has 26 heavy (non-hydrogen) atoms. The van der Waals surface area contributed by atoms with Crippen LogP contribution in [0.3, 0.4) is 0 Å². The minimum Gasteiger partial charge on any atom is -0.497 e. The van der Waals surface area contributed by atoms with Crippen molar-refractivity contribution < 1.29 is 14.1 Å². The molecule has 0 bridgehead atoms. The Hall–Kier alpha value is -2.80. The summed E-state index contributed by atoms with van der Waals surface area (Å²) in [5.41, 5.74) is 2.68. The zero-order valence-corrected chi connectivity index (χ0v) is 16.1. The molecule has 0 aliphatic rings. The van der Waals surface area contributed by atoms with Gasteiger partial charge in [-0.3, -0.25) is 4.79 Å². The molecule has 0 unspecified atom stereocenters. The lowest BCUT2D eigenvalue weighted by atomic mass is 10.2. The number of aromatic nitrogens is 1. The van der Waals surface area contributed by atoms with Crippen LogP contribution < -0.4 is 14.2 Å². The van der Waals surface area contributed by atoms with Gasteiger partial charge in [-0.25, -0.2) is 4.57 Å². The average Bonchev–Trinajstić information content (AvgIpc) is 2.96. The molecule has 0 aliphatic carbocycles. The molecule has 3 rings (SSSR count). The molecule has 0 saturated carbocycles. The maximum absolute atomic E-state index is 11.6. The van der Waals surface area contributed by atoms with Gasteiger partial charge in [0.2, 0.25) is 5.91 Å². The van der Waals surface area contributed by atoms with Crippen molar-refractivity contribution in [2.24, 2.45) is 17.3 Å². The van der Waals surface area contributed by atoms with Gasteiger partial charge in [-0.2, -0.15) is 0 Å². The molecule has 0 N–H and O–H groups in total. The van der Waals surface area contributed by atoms with Crippen molar-refractivity contribution in [1.29, 1.82) is 0 Å². The number of benzene rings is 2. The molecular weight excluding hydrogens is 348 g/mol. The largest absolute Gasteiger partial charge is 0.497 e. The number of amides is 1. The van der Waals surface area contributed by atoms with Crippen LogP contribution in [-0.4, -0.2) is 19.6 Å². The first-order valence-corrected chi connectivity index (χ1v) is 9.11. The van der Waals surface area contributed by atoms with Gasteiger partial charge in [-0.1, -0.05) is 0 Å². The quantitative estimate of drug-likeness (QED) is 0.490. The number of nitrogens with zero attached hydrogens (tertiary/aromatic N) is 4. The minimum absolute atomic E-state index is 0.0228. The van der Waals surface area contributed by atoms with Crippen LogP contribution >= 0.6 is 11.3 Å². The maximum atomic E-state index is 11.6. The highest BCUT2D eigenvalue weighted by atomic mass is 32.1. The Bertz CT molecular complexity index is 964. The number of aryl methyl sites for hydroxylation is 1. The summed E-state index contributed by atoms with van der Waals surface area (Å²) in [6.07, 6.45) is 0. The Morgan fingerprint density at radius 2 is 1.92 bits per heavy atom. The van der Waals surface area contributed by atoms with Gasteiger partial charge in [0.1, 0.15) is 17.0 Å². The molecule has 0 aliphatic heterocycles. The molecule has 1 aromatic heterocycles. The highest BCUT2D eigenvalue weighted by Gasteiger charge is 2.16. The second-order valence-corrected chi connectivity index (χ2v) is 6.77. The Kier molecular flexibility index (Phi) is 5.27. The van der Waals surface area contributed by atoms with Gasteiger partial charge in [-0.15, -0.1) is 0 Å². The lowest BCUT2D eigenvalue weighted by Crippen LogP contribution is -2.27. The van der Waals surface area contributed by atoms with Gasteiger partial charge in [0.05, 0.1) is 24.0 Å². The van der Waals surface area contributed by atoms with E-state index in [4.69, 9.17) is 4.74 Å². The fourth-order valence-corrected chi connectivity index (χ4v) is 3.72. The van der Waals surface area contributed by atoms with E-state index in [1.807, 2.05) is 61.0 Å². The highest BCUT2D eigenvalue weighted by Crippen LogP contribution is 2.30. The van der Waals surface area contributed by atoms with Crippen LogP contribution in [0.15, 0.2) is 52.7 Å². The normalized spacial score (nSPS) is 11.2. The second-order valence-electron chi connectivity index (χ2n) is 5.76. The van der Waals surface area contributed by atoms with Crippen molar-refractivity contribution in [3.63, 3.8) is 0 Å². The van der Waals surface area contributed by atoms with E-state index < -0.39 is 0 Å². The number of ether oxygens (including phenoxy) is 1. The van der Waals surface area contributed by atoms with E-state index in [1.165, 1.54) is 0 Å². The van der Waals surface area contributed by atoms with Crippen molar-refractivity contribution in [2.75, 3.05) is 18.6 Å². The molecule has 6 nitrogen and oxygen atoms in total. The second kappa shape index (κ2) is 7.61. The van der Waals surface area contributed by atoms with Gasteiger partial charge >= 0.3 is 5.13 Å². The van der Waals surface area contributed by atoms with Gasteiger partial charge in [-0.05, 0) is 59.8 Å². The zero-order valence-electron chi connectivity index (χ0n) is 15.3. The van der Waals surface area contributed by atoms with Crippen molar-refractivity contribution in [3.8, 4) is 5.75 Å². The lowest BCUT2D eigenvalue weighted by Gasteiger charge is -2.18. The van der Waals surface area contributed by atoms with E-state index in [2.05, 4.69) is 10.2 Å². The molecule has 1 heterocycles. The van der Waals surface area contributed by atoms with Crippen molar-refractivity contribution in [3.05, 3.63) is 42.5 Å². The molecule has 7 heteroatoms. The summed E-state index contributed by atoms with van der Waals surface area (Å²) in [5.74, 6) is 0.846. The lowest BCUT2D eigenvalue weighted by molar-refractivity contribution is -0.627. The standard InChI is InChI=1S/C19H21N4O2S/c1-5-23(13(2)24)15-8-6-14(7-9-15)20-21-19-22(3)17-11-10-16(25-4)12-18(17)26-19/h6-12H,5H2,1-4H3/q+1. The topological polar surface area (TPSA) is 58.1 Å². The number of anilines is 1. The molecule has 0 saturated heterocycles. The van der Waals surface area contributed by atoms with Crippen LogP contribution in [0.4, 0.5) is 16.5 Å². The summed E-state index contributed by atoms with van der Waals surface area (Å²) in [7, 11) is 3.62. The predicted molar refractivity (Wildman–Crippen MR) is 104 cm³/mol. The van der Waals surface area contributed by atoms with E-state index in [9.17, 15) is 4.79 Å². The molecule has 0 atom stereocenters. The predicted octanol–water partition coefficient (Wildman–Crippen LogP) is 4.52. The van der Waals surface area contributed by atoms with E-state index in [1.54, 1.807) is 30.3 Å². The monoisotopic (exact) mass is 369 g/mol. The molecular formula is C19H21N4O2S+. The summed E-state index contributed by atoms with van der Waals surface area (Å²) >= 11 is 1.56. The van der Waals surface area contributed by atoms with E-state index in [0.717, 1.165) is 32.5 Å². The molecule has 0 radical (unpaired) electrons. The fraction of sp³-hybridized carbons (Fsp3) is 0.263. The number of azo groups is 1. The Labute approximate surface area is 156 Å². The molecule has 3 aromatic rings. The fourth-order valence-electron chi connectivity index (χ4n) is 2.72. The molecule has 0 spiro atoms. The number of carbonyl (C=O) groups is 1. The number of hydrogen-bond donors (Lipinski definition) is 0. The molecule has 0 fully saturated rings. The zero-order chi connectivity index (χ0) is 18.7. The highest BCUT2D eigenvalue weighted by molar-refractivity contribution is 7.21. The number of fused-ring (bicyclic) bond motifs is 1. The van der Waals surface area contributed by atoms with Crippen molar-refractivity contribution in [1.82, 2.24) is 0 Å². The Morgan fingerprint density at radius 3 is 2.54 bits per heavy atom. The first-order valence-electron chi connectivity index (χ1n) is 8.30. The Balaban J connectivity index is 1.84. The van der Waals surface area contributed by atoms with Crippen LogP contribution in [0.25, 0.3) is 10.2 Å². The van der Waals surface area contributed by atoms with Crippen LogP contribution in [0.5, 0.6) is 5.75 Å². The number of methoxy groups -OCH3 is 1. The maximum Gasteiger partial charge on any atom is 0.409 e. The molecule has 1 amide bonds. The summed E-state index contributed by atoms with van der Waals surface area (Å²) in [6, 6.07) is 13.4. The van der Waals surface area contributed by atoms with Crippen LogP contribution in [-0.2, 0) is 11.8 Å². The minimum atomic E-state index is 0.0228. The van der Waals surface area contributed by atoms with E-state index in [-0.39, 0.29) is 5.91 Å².